The minimum absolute atomic E-state index is 0.132. The number of halogens is 1. The smallest absolute Gasteiger partial charge is 0.277 e. The van der Waals surface area contributed by atoms with Gasteiger partial charge in [-0.3, -0.25) is 27.6 Å². The minimum atomic E-state index is -0.449. The number of fused-ring (bicyclic) bond motifs is 5. The van der Waals surface area contributed by atoms with Crippen LogP contribution in [0.1, 0.15) is 74.2 Å². The number of rotatable bonds is 11. The van der Waals surface area contributed by atoms with E-state index < -0.39 is 5.91 Å². The average Bonchev–Trinajstić information content (AvgIpc) is 4.27. The van der Waals surface area contributed by atoms with Crippen molar-refractivity contribution >= 4 is 75.4 Å². The Morgan fingerprint density at radius 1 is 0.526 bits per heavy atom. The van der Waals surface area contributed by atoms with Crippen molar-refractivity contribution in [3.63, 3.8) is 0 Å². The highest BCUT2D eigenvalue weighted by molar-refractivity contribution is 6.29. The van der Waals surface area contributed by atoms with E-state index in [9.17, 15) is 14.4 Å². The molecule has 78 heavy (non-hydrogen) atoms. The highest BCUT2D eigenvalue weighted by atomic mass is 35.5. The van der Waals surface area contributed by atoms with E-state index in [1.165, 1.54) is 65.4 Å². The van der Waals surface area contributed by atoms with Gasteiger partial charge in [-0.1, -0.05) is 18.0 Å². The lowest BCUT2D eigenvalue weighted by Gasteiger charge is -2.45. The van der Waals surface area contributed by atoms with E-state index in [-0.39, 0.29) is 34.0 Å². The molecule has 400 valence electrons. The largest absolute Gasteiger partial charge is 0.478 e. The predicted molar refractivity (Wildman–Crippen MR) is 284 cm³/mol. The topological polar surface area (TPSA) is 301 Å². The first kappa shape index (κ1) is 50.9. The van der Waals surface area contributed by atoms with Gasteiger partial charge in [0.1, 0.15) is 33.9 Å². The van der Waals surface area contributed by atoms with Gasteiger partial charge in [-0.05, 0) is 52.5 Å². The molecule has 4 aliphatic rings. The Bertz CT molecular complexity index is 3530. The molecular formula is C50H52ClN21O6. The number of hydrogen-bond acceptors (Lipinski definition) is 21. The van der Waals surface area contributed by atoms with Gasteiger partial charge in [0.15, 0.2) is 17.5 Å². The molecule has 9 aromatic rings. The van der Waals surface area contributed by atoms with Crippen molar-refractivity contribution in [1.82, 2.24) is 78.3 Å². The quantitative estimate of drug-likeness (QED) is 0.139. The molecule has 3 amide bonds. The molecule has 9 aromatic heterocycles. The summed E-state index contributed by atoms with van der Waals surface area (Å²) in [4.78, 5) is 92.8. The fraction of sp³-hybridized carbons (Fsp3) is 0.340. The number of nitrogens with one attached hydrogen (secondary N) is 4. The second-order valence-electron chi connectivity index (χ2n) is 18.8. The van der Waals surface area contributed by atoms with Gasteiger partial charge in [-0.2, -0.15) is 15.0 Å². The Labute approximate surface area is 449 Å². The van der Waals surface area contributed by atoms with Crippen LogP contribution in [0.15, 0.2) is 74.4 Å². The Kier molecular flexibility index (Phi) is 14.0. The first-order valence-corrected chi connectivity index (χ1v) is 25.2. The summed E-state index contributed by atoms with van der Waals surface area (Å²) in [6.45, 7) is 8.63. The zero-order chi connectivity index (χ0) is 54.2. The highest BCUT2D eigenvalue weighted by Gasteiger charge is 2.43. The van der Waals surface area contributed by atoms with Gasteiger partial charge >= 0.3 is 0 Å². The Morgan fingerprint density at radius 2 is 0.962 bits per heavy atom. The van der Waals surface area contributed by atoms with Crippen LogP contribution in [0.4, 0.5) is 29.1 Å². The van der Waals surface area contributed by atoms with Gasteiger partial charge in [-0.25, -0.2) is 44.9 Å². The van der Waals surface area contributed by atoms with Crippen molar-refractivity contribution in [2.24, 2.45) is 5.92 Å². The summed E-state index contributed by atoms with van der Waals surface area (Å²) in [6, 6.07) is 1.62. The molecule has 0 aromatic carbocycles. The second kappa shape index (κ2) is 21.4. The molecule has 1 aliphatic carbocycles. The van der Waals surface area contributed by atoms with E-state index >= 15 is 0 Å². The maximum atomic E-state index is 12.6. The van der Waals surface area contributed by atoms with Crippen LogP contribution in [0, 0.1) is 26.7 Å². The minimum Gasteiger partial charge on any atom is -0.478 e. The molecule has 0 spiro atoms. The monoisotopic (exact) mass is 1080 g/mol. The van der Waals surface area contributed by atoms with Crippen LogP contribution in [-0.2, 0) is 0 Å². The molecule has 4 N–H and O–H groups in total. The van der Waals surface area contributed by atoms with Crippen LogP contribution in [0.3, 0.4) is 0 Å². The lowest BCUT2D eigenvalue weighted by molar-refractivity contribution is 0.101. The maximum Gasteiger partial charge on any atom is 0.277 e. The molecule has 0 radical (unpaired) electrons. The molecule has 12 heterocycles. The summed E-state index contributed by atoms with van der Waals surface area (Å²) >= 11 is 5.64. The molecule has 4 unspecified atom stereocenters. The number of nitrogens with zero attached hydrogens (tertiary/aromatic N) is 17. The van der Waals surface area contributed by atoms with Crippen molar-refractivity contribution in [1.29, 1.82) is 0 Å². The number of aryl methyl sites for hydroxylation is 3. The Morgan fingerprint density at radius 3 is 1.35 bits per heavy atom. The van der Waals surface area contributed by atoms with E-state index in [2.05, 4.69) is 90.9 Å². The van der Waals surface area contributed by atoms with Crippen LogP contribution in [0.2, 0.25) is 5.15 Å². The summed E-state index contributed by atoms with van der Waals surface area (Å²) in [5, 5.41) is 11.8. The highest BCUT2D eigenvalue weighted by Crippen LogP contribution is 2.41. The Hall–Kier alpha value is -9.24. The van der Waals surface area contributed by atoms with Gasteiger partial charge in [0.25, 0.3) is 35.4 Å². The average molecular weight is 1080 g/mol. The number of hydrogen-bond donors (Lipinski definition) is 4. The second-order valence-corrected chi connectivity index (χ2v) is 19.2. The molecule has 13 rings (SSSR count). The summed E-state index contributed by atoms with van der Waals surface area (Å²) in [5.74, 6) is 3.25. The molecule has 28 heteroatoms. The molecule has 3 saturated heterocycles. The van der Waals surface area contributed by atoms with E-state index in [1.54, 1.807) is 50.4 Å². The van der Waals surface area contributed by atoms with Gasteiger partial charge in [0.05, 0.1) is 94.2 Å². The maximum absolute atomic E-state index is 12.6. The number of carbonyl (C=O) groups is 3. The van der Waals surface area contributed by atoms with Crippen LogP contribution in [-0.4, -0.2) is 150 Å². The van der Waals surface area contributed by atoms with Gasteiger partial charge in [0, 0.05) is 49.8 Å². The van der Waals surface area contributed by atoms with Gasteiger partial charge in [0.2, 0.25) is 16.9 Å². The summed E-state index contributed by atoms with van der Waals surface area (Å²) in [6.07, 6.45) is 24.4. The van der Waals surface area contributed by atoms with Crippen LogP contribution >= 0.6 is 11.6 Å². The normalized spacial score (nSPS) is 17.9. The van der Waals surface area contributed by atoms with E-state index in [0.29, 0.717) is 70.2 Å². The fourth-order valence-corrected chi connectivity index (χ4v) is 10.1. The first-order chi connectivity index (χ1) is 37.8. The van der Waals surface area contributed by atoms with Crippen molar-refractivity contribution in [3.05, 3.63) is 114 Å². The molecule has 0 bridgehead atoms. The predicted octanol–water partition coefficient (Wildman–Crippen LogP) is 4.46. The van der Waals surface area contributed by atoms with Crippen LogP contribution in [0.5, 0.6) is 17.6 Å². The molecule has 27 nitrogen and oxygen atoms in total. The summed E-state index contributed by atoms with van der Waals surface area (Å²) in [7, 11) is 4.53. The summed E-state index contributed by atoms with van der Waals surface area (Å²) in [5.41, 5.74) is 4.85. The molecule has 4 fully saturated rings. The number of imidazole rings is 3. The lowest BCUT2D eigenvalue weighted by Crippen LogP contribution is -2.61. The van der Waals surface area contributed by atoms with E-state index in [1.807, 2.05) is 33.2 Å². The molecule has 4 atom stereocenters. The standard InChI is InChI=1S/C19H21N7O2.C18H20N8O2.C13H11ClN6O2/c1-11-8-25-10-15(24-19(28-2)17(25)22-11)23-18(27)13-6-21-16(7-20-13)26-9-12-4-3-5-14(12)26;1-10-7-25-9-14(24-18(28-2)16(25)22-10)23-17(27)11-5-21-15(6-20-11)26-8-12-13(26)3-4-19-12;1-7-5-20-6-10(19-13(22-2)11(20)17-7)18-12(21)8-3-16-9(14)4-15-8/h6-8,10,12,14H,3-5,9H2,1-2H3,(H,23,27);5-7,9,12-13,19H,3-4,8H2,1-2H3,(H,23,27);3-6H,1-2H3,(H,18,21). The Balaban J connectivity index is 0.000000125. The number of ether oxygens (including phenoxy) is 3. The third kappa shape index (κ3) is 10.4. The number of anilines is 5. The van der Waals surface area contributed by atoms with E-state index in [0.717, 1.165) is 60.7 Å². The lowest BCUT2D eigenvalue weighted by atomic mass is 9.92. The third-order valence-electron chi connectivity index (χ3n) is 13.6. The fourth-order valence-electron chi connectivity index (χ4n) is 9.95. The van der Waals surface area contributed by atoms with Crippen molar-refractivity contribution in [3.8, 4) is 17.6 Å². The van der Waals surface area contributed by atoms with Crippen LogP contribution in [0.25, 0.3) is 16.9 Å². The van der Waals surface area contributed by atoms with Crippen LogP contribution < -0.4 is 45.3 Å². The van der Waals surface area contributed by atoms with Gasteiger partial charge < -0.3 is 45.3 Å². The third-order valence-corrected chi connectivity index (χ3v) is 13.8. The van der Waals surface area contributed by atoms with Gasteiger partial charge in [-0.15, -0.1) is 0 Å². The zero-order valence-electron chi connectivity index (χ0n) is 43.1. The molecular weight excluding hydrogens is 1030 g/mol. The molecule has 1 saturated carbocycles. The molecule has 3 aliphatic heterocycles. The van der Waals surface area contributed by atoms with Crippen molar-refractivity contribution in [2.45, 2.75) is 64.6 Å². The SMILES string of the molecule is COc1nc(NC(=O)c2cnc(Cl)cn2)cn2cc(C)nc12.COc1nc(NC(=O)c2cnc(N3CC4CCCC43)cn2)cn2cc(C)nc12.COc1nc(NC(=O)c2cnc(N3CC4NCCC43)cn2)cn2cc(C)nc12. The van der Waals surface area contributed by atoms with Crippen molar-refractivity contribution < 1.29 is 28.6 Å². The number of aromatic nitrogens is 15. The number of amides is 3. The number of carbonyl (C=O) groups excluding carboxylic acids is 3. The van der Waals surface area contributed by atoms with E-state index in [4.69, 9.17) is 25.8 Å². The van der Waals surface area contributed by atoms with Crippen molar-refractivity contribution in [2.75, 3.05) is 66.7 Å². The first-order valence-electron chi connectivity index (χ1n) is 24.8. The number of methoxy groups -OCH3 is 3. The summed E-state index contributed by atoms with van der Waals surface area (Å²) < 4.78 is 21.0. The zero-order valence-corrected chi connectivity index (χ0v) is 43.9.